The van der Waals surface area contributed by atoms with Crippen LogP contribution in [-0.4, -0.2) is 12.1 Å². The molecule has 1 aromatic rings. The fourth-order valence-electron chi connectivity index (χ4n) is 1.59. The van der Waals surface area contributed by atoms with E-state index in [-0.39, 0.29) is 12.1 Å². The van der Waals surface area contributed by atoms with Gasteiger partial charge in [-0.1, -0.05) is 44.2 Å². The first-order valence-corrected chi connectivity index (χ1v) is 5.99. The van der Waals surface area contributed by atoms with Crippen molar-refractivity contribution in [3.05, 3.63) is 35.9 Å². The van der Waals surface area contributed by atoms with Gasteiger partial charge in [-0.15, -0.1) is 0 Å². The second-order valence-corrected chi connectivity index (χ2v) is 3.90. The standard InChI is InChI=1S/C14H20O2/c1-3-13(16-14(15)4-2)11-10-12-8-6-5-7-9-12/h5-9,13H,3-4,10-11H2,1-2H3/t13-/m1/s1. The summed E-state index contributed by atoms with van der Waals surface area (Å²) in [6.07, 6.45) is 3.29. The lowest BCUT2D eigenvalue weighted by atomic mass is 10.1. The average Bonchev–Trinajstić information content (AvgIpc) is 2.35. The number of esters is 1. The zero-order chi connectivity index (χ0) is 11.8. The fourth-order valence-corrected chi connectivity index (χ4v) is 1.59. The third-order valence-corrected chi connectivity index (χ3v) is 2.64. The average molecular weight is 220 g/mol. The summed E-state index contributed by atoms with van der Waals surface area (Å²) in [7, 11) is 0. The zero-order valence-electron chi connectivity index (χ0n) is 10.1. The normalized spacial score (nSPS) is 12.1. The number of hydrogen-bond donors (Lipinski definition) is 0. The molecule has 1 atom stereocenters. The van der Waals surface area contributed by atoms with E-state index < -0.39 is 0 Å². The molecule has 0 radical (unpaired) electrons. The Morgan fingerprint density at radius 1 is 1.25 bits per heavy atom. The van der Waals surface area contributed by atoms with Gasteiger partial charge in [0.25, 0.3) is 0 Å². The quantitative estimate of drug-likeness (QED) is 0.687. The van der Waals surface area contributed by atoms with Crippen LogP contribution in [0.1, 0.15) is 38.7 Å². The van der Waals surface area contributed by atoms with Gasteiger partial charge in [0.05, 0.1) is 0 Å². The summed E-state index contributed by atoms with van der Waals surface area (Å²) in [6, 6.07) is 10.3. The lowest BCUT2D eigenvalue weighted by Crippen LogP contribution is -2.17. The minimum Gasteiger partial charge on any atom is -0.462 e. The smallest absolute Gasteiger partial charge is 0.305 e. The Kier molecular flexibility index (Phi) is 5.62. The van der Waals surface area contributed by atoms with E-state index in [0.717, 1.165) is 19.3 Å². The molecule has 0 aliphatic rings. The number of aryl methyl sites for hydroxylation is 1. The van der Waals surface area contributed by atoms with Crippen LogP contribution in [0.2, 0.25) is 0 Å². The lowest BCUT2D eigenvalue weighted by Gasteiger charge is -2.15. The molecule has 0 amide bonds. The van der Waals surface area contributed by atoms with Crippen molar-refractivity contribution in [3.8, 4) is 0 Å². The van der Waals surface area contributed by atoms with Gasteiger partial charge >= 0.3 is 5.97 Å². The first-order chi connectivity index (χ1) is 7.76. The summed E-state index contributed by atoms with van der Waals surface area (Å²) in [6.45, 7) is 3.88. The highest BCUT2D eigenvalue weighted by atomic mass is 16.5. The molecule has 0 heterocycles. The molecule has 2 nitrogen and oxygen atoms in total. The molecule has 0 aliphatic carbocycles. The molecule has 1 rings (SSSR count). The third-order valence-electron chi connectivity index (χ3n) is 2.64. The molecule has 16 heavy (non-hydrogen) atoms. The molecule has 2 heteroatoms. The number of ether oxygens (including phenoxy) is 1. The molecular formula is C14H20O2. The Labute approximate surface area is 97.6 Å². The topological polar surface area (TPSA) is 26.3 Å². The molecule has 0 aromatic heterocycles. The summed E-state index contributed by atoms with van der Waals surface area (Å²) < 4.78 is 5.33. The maximum Gasteiger partial charge on any atom is 0.305 e. The van der Waals surface area contributed by atoms with Gasteiger partial charge in [-0.3, -0.25) is 4.79 Å². The van der Waals surface area contributed by atoms with Gasteiger partial charge in [0.2, 0.25) is 0 Å². The van der Waals surface area contributed by atoms with E-state index in [1.54, 1.807) is 0 Å². The van der Waals surface area contributed by atoms with E-state index in [2.05, 4.69) is 19.1 Å². The van der Waals surface area contributed by atoms with Crippen molar-refractivity contribution in [2.75, 3.05) is 0 Å². The monoisotopic (exact) mass is 220 g/mol. The van der Waals surface area contributed by atoms with Gasteiger partial charge in [-0.05, 0) is 24.8 Å². The van der Waals surface area contributed by atoms with Crippen molar-refractivity contribution in [3.63, 3.8) is 0 Å². The Morgan fingerprint density at radius 2 is 1.94 bits per heavy atom. The predicted octanol–water partition coefficient (Wildman–Crippen LogP) is 3.35. The maximum atomic E-state index is 11.2. The summed E-state index contributed by atoms with van der Waals surface area (Å²) >= 11 is 0. The molecule has 0 unspecified atom stereocenters. The van der Waals surface area contributed by atoms with E-state index in [1.807, 2.05) is 25.1 Å². The number of carbonyl (C=O) groups is 1. The van der Waals surface area contributed by atoms with Crippen molar-refractivity contribution in [1.29, 1.82) is 0 Å². The van der Waals surface area contributed by atoms with E-state index >= 15 is 0 Å². The van der Waals surface area contributed by atoms with Crippen LogP contribution in [0.3, 0.4) is 0 Å². The van der Waals surface area contributed by atoms with Crippen LogP contribution in [0.15, 0.2) is 30.3 Å². The molecule has 0 saturated carbocycles. The molecule has 0 saturated heterocycles. The Hall–Kier alpha value is -1.31. The number of hydrogen-bond acceptors (Lipinski definition) is 2. The van der Waals surface area contributed by atoms with Crippen LogP contribution >= 0.6 is 0 Å². The Morgan fingerprint density at radius 3 is 2.50 bits per heavy atom. The largest absolute Gasteiger partial charge is 0.462 e. The first-order valence-electron chi connectivity index (χ1n) is 5.99. The van der Waals surface area contributed by atoms with Crippen molar-refractivity contribution in [2.45, 2.75) is 45.6 Å². The maximum absolute atomic E-state index is 11.2. The Bertz CT molecular complexity index is 306. The molecular weight excluding hydrogens is 200 g/mol. The third kappa shape index (κ3) is 4.47. The second-order valence-electron chi connectivity index (χ2n) is 3.90. The summed E-state index contributed by atoms with van der Waals surface area (Å²) in [5.41, 5.74) is 1.30. The number of rotatable bonds is 6. The molecule has 88 valence electrons. The minimum atomic E-state index is -0.0973. The predicted molar refractivity (Wildman–Crippen MR) is 65.2 cm³/mol. The Balaban J connectivity index is 2.37. The molecule has 0 fully saturated rings. The molecule has 0 spiro atoms. The highest BCUT2D eigenvalue weighted by Crippen LogP contribution is 2.10. The van der Waals surface area contributed by atoms with Crippen molar-refractivity contribution >= 4 is 5.97 Å². The first kappa shape index (κ1) is 12.8. The van der Waals surface area contributed by atoms with Crippen molar-refractivity contribution in [2.24, 2.45) is 0 Å². The highest BCUT2D eigenvalue weighted by molar-refractivity contribution is 5.69. The van der Waals surface area contributed by atoms with Gasteiger partial charge in [0.1, 0.15) is 6.10 Å². The lowest BCUT2D eigenvalue weighted by molar-refractivity contribution is -0.149. The van der Waals surface area contributed by atoms with Crippen LogP contribution in [-0.2, 0) is 16.0 Å². The molecule has 0 aliphatic heterocycles. The molecule has 0 N–H and O–H groups in total. The van der Waals surface area contributed by atoms with Gasteiger partial charge in [-0.25, -0.2) is 0 Å². The number of carbonyl (C=O) groups excluding carboxylic acids is 1. The van der Waals surface area contributed by atoms with Crippen LogP contribution in [0, 0.1) is 0 Å². The van der Waals surface area contributed by atoms with Gasteiger partial charge in [0, 0.05) is 6.42 Å². The molecule has 1 aromatic carbocycles. The summed E-state index contributed by atoms with van der Waals surface area (Å²) in [4.78, 5) is 11.2. The number of benzene rings is 1. The van der Waals surface area contributed by atoms with Gasteiger partial charge in [0.15, 0.2) is 0 Å². The van der Waals surface area contributed by atoms with E-state index in [9.17, 15) is 4.79 Å². The van der Waals surface area contributed by atoms with Crippen LogP contribution < -0.4 is 0 Å². The highest BCUT2D eigenvalue weighted by Gasteiger charge is 2.10. The van der Waals surface area contributed by atoms with E-state index in [1.165, 1.54) is 5.56 Å². The van der Waals surface area contributed by atoms with Gasteiger partial charge in [-0.2, -0.15) is 0 Å². The molecule has 0 bridgehead atoms. The zero-order valence-corrected chi connectivity index (χ0v) is 10.1. The SMILES string of the molecule is CCC(=O)O[C@H](CC)CCc1ccccc1. The second kappa shape index (κ2) is 7.04. The minimum absolute atomic E-state index is 0.0626. The van der Waals surface area contributed by atoms with E-state index in [4.69, 9.17) is 4.74 Å². The van der Waals surface area contributed by atoms with Crippen LogP contribution in [0.25, 0.3) is 0 Å². The summed E-state index contributed by atoms with van der Waals surface area (Å²) in [5.74, 6) is -0.0973. The van der Waals surface area contributed by atoms with Crippen molar-refractivity contribution < 1.29 is 9.53 Å². The van der Waals surface area contributed by atoms with Gasteiger partial charge < -0.3 is 4.74 Å². The summed E-state index contributed by atoms with van der Waals surface area (Å²) in [5, 5.41) is 0. The van der Waals surface area contributed by atoms with Crippen LogP contribution in [0.4, 0.5) is 0 Å². The fraction of sp³-hybridized carbons (Fsp3) is 0.500. The van der Waals surface area contributed by atoms with E-state index in [0.29, 0.717) is 6.42 Å². The van der Waals surface area contributed by atoms with Crippen LogP contribution in [0.5, 0.6) is 0 Å². The van der Waals surface area contributed by atoms with Crippen molar-refractivity contribution in [1.82, 2.24) is 0 Å².